The number of aryl methyl sites for hydroxylation is 1. The topological polar surface area (TPSA) is 93.0 Å². The fourth-order valence-corrected chi connectivity index (χ4v) is 3.08. The molecule has 2 N–H and O–H groups in total. The second-order valence-corrected chi connectivity index (χ2v) is 7.06. The summed E-state index contributed by atoms with van der Waals surface area (Å²) in [5.41, 5.74) is 2.43. The van der Waals surface area contributed by atoms with E-state index in [1.165, 1.54) is 11.9 Å². The third kappa shape index (κ3) is 4.83. The van der Waals surface area contributed by atoms with Gasteiger partial charge in [0, 0.05) is 10.2 Å². The van der Waals surface area contributed by atoms with Crippen LogP contribution in [0.25, 0.3) is 0 Å². The number of hydrogen-bond acceptors (Lipinski definition) is 6. The Morgan fingerprint density at radius 1 is 1.04 bits per heavy atom. The van der Waals surface area contributed by atoms with Crippen LogP contribution in [-0.2, 0) is 6.42 Å². The van der Waals surface area contributed by atoms with Gasteiger partial charge < -0.3 is 10.6 Å². The van der Waals surface area contributed by atoms with E-state index in [1.807, 2.05) is 42.5 Å². The molecule has 0 radical (unpaired) electrons. The first kappa shape index (κ1) is 19.8. The van der Waals surface area contributed by atoms with Gasteiger partial charge >= 0.3 is 5.69 Å². The predicted octanol–water partition coefficient (Wildman–Crippen LogP) is 5.98. The molecule has 0 saturated heterocycles. The molecule has 0 unspecified atom stereocenters. The lowest BCUT2D eigenvalue weighted by Crippen LogP contribution is -2.05. The number of hydrogen-bond donors (Lipinski definition) is 2. The Hall–Kier alpha value is -3.00. The minimum Gasteiger partial charge on any atom is -0.334 e. The zero-order valence-electron chi connectivity index (χ0n) is 15.4. The molecule has 0 fully saturated rings. The van der Waals surface area contributed by atoms with E-state index >= 15 is 0 Å². The molecule has 0 aliphatic carbocycles. The van der Waals surface area contributed by atoms with Crippen molar-refractivity contribution in [2.45, 2.75) is 26.2 Å². The zero-order valence-corrected chi connectivity index (χ0v) is 16.9. The lowest BCUT2D eigenvalue weighted by atomic mass is 10.1. The summed E-state index contributed by atoms with van der Waals surface area (Å²) in [5.74, 6) is 0.254. The van der Waals surface area contributed by atoms with Crippen molar-refractivity contribution < 1.29 is 4.92 Å². The number of para-hydroxylation sites is 1. The van der Waals surface area contributed by atoms with Crippen molar-refractivity contribution in [3.05, 3.63) is 75.0 Å². The van der Waals surface area contributed by atoms with E-state index in [4.69, 9.17) is 0 Å². The number of rotatable bonds is 8. The van der Waals surface area contributed by atoms with E-state index < -0.39 is 4.92 Å². The molecule has 3 rings (SSSR count). The first-order valence-corrected chi connectivity index (χ1v) is 9.74. The average Bonchev–Trinajstić information content (AvgIpc) is 2.69. The predicted molar refractivity (Wildman–Crippen MR) is 114 cm³/mol. The van der Waals surface area contributed by atoms with Crippen LogP contribution in [0.1, 0.15) is 25.3 Å². The summed E-state index contributed by atoms with van der Waals surface area (Å²) in [6, 6.07) is 15.2. The van der Waals surface area contributed by atoms with Gasteiger partial charge in [0.1, 0.15) is 6.33 Å². The van der Waals surface area contributed by atoms with Gasteiger partial charge in [-0.05, 0) is 58.6 Å². The first-order chi connectivity index (χ1) is 13.6. The third-order valence-corrected chi connectivity index (χ3v) is 4.86. The number of nitrogens with zero attached hydrogens (tertiary/aromatic N) is 3. The fourth-order valence-electron chi connectivity index (χ4n) is 2.70. The van der Waals surface area contributed by atoms with Gasteiger partial charge in [0.15, 0.2) is 0 Å². The number of unbranched alkanes of at least 4 members (excludes halogenated alkanes) is 1. The quantitative estimate of drug-likeness (QED) is 0.330. The van der Waals surface area contributed by atoms with Crippen LogP contribution in [-0.4, -0.2) is 14.9 Å². The molecule has 0 saturated carbocycles. The van der Waals surface area contributed by atoms with Crippen molar-refractivity contribution in [3.63, 3.8) is 0 Å². The Balaban J connectivity index is 1.87. The molecule has 28 heavy (non-hydrogen) atoms. The molecule has 8 heteroatoms. The minimum absolute atomic E-state index is 0.119. The maximum Gasteiger partial charge on any atom is 0.353 e. The number of nitrogens with one attached hydrogen (secondary N) is 2. The molecule has 1 heterocycles. The number of benzene rings is 2. The SMILES string of the molecule is CCCCc1ccc(Nc2ncnc(Nc3ccccc3Br)c2[N+](=O)[O-])cc1. The molecule has 144 valence electrons. The van der Waals surface area contributed by atoms with Crippen molar-refractivity contribution in [1.82, 2.24) is 9.97 Å². The van der Waals surface area contributed by atoms with E-state index in [-0.39, 0.29) is 17.3 Å². The second kappa shape index (κ2) is 9.27. The van der Waals surface area contributed by atoms with Crippen LogP contribution in [0.3, 0.4) is 0 Å². The standard InChI is InChI=1S/C20H20BrN5O2/c1-2-3-6-14-9-11-15(12-10-14)24-19-18(26(27)28)20(23-13-22-19)25-17-8-5-4-7-16(17)21/h4-5,7-13H,2-3,6H2,1H3,(H2,22,23,24,25). The van der Waals surface area contributed by atoms with Crippen LogP contribution >= 0.6 is 15.9 Å². The van der Waals surface area contributed by atoms with Crippen molar-refractivity contribution in [3.8, 4) is 0 Å². The molecule has 2 aromatic carbocycles. The highest BCUT2D eigenvalue weighted by Gasteiger charge is 2.23. The number of aromatic nitrogens is 2. The largest absolute Gasteiger partial charge is 0.353 e. The van der Waals surface area contributed by atoms with E-state index in [0.717, 1.165) is 29.4 Å². The van der Waals surface area contributed by atoms with Gasteiger partial charge in [-0.2, -0.15) is 0 Å². The summed E-state index contributed by atoms with van der Waals surface area (Å²) in [4.78, 5) is 19.4. The van der Waals surface area contributed by atoms with Gasteiger partial charge in [0.25, 0.3) is 0 Å². The van der Waals surface area contributed by atoms with Crippen LogP contribution in [0.15, 0.2) is 59.3 Å². The van der Waals surface area contributed by atoms with Crippen LogP contribution in [0.2, 0.25) is 0 Å². The third-order valence-electron chi connectivity index (χ3n) is 4.17. The Kier molecular flexibility index (Phi) is 6.54. The van der Waals surface area contributed by atoms with E-state index in [2.05, 4.69) is 43.5 Å². The number of nitro groups is 1. The van der Waals surface area contributed by atoms with Gasteiger partial charge in [0.2, 0.25) is 11.6 Å². The van der Waals surface area contributed by atoms with E-state index in [0.29, 0.717) is 5.69 Å². The average molecular weight is 442 g/mol. The van der Waals surface area contributed by atoms with Crippen LogP contribution in [0, 0.1) is 10.1 Å². The van der Waals surface area contributed by atoms with Crippen molar-refractivity contribution in [2.75, 3.05) is 10.6 Å². The molecule has 0 bridgehead atoms. The molecule has 0 aliphatic heterocycles. The normalized spacial score (nSPS) is 10.5. The summed E-state index contributed by atoms with van der Waals surface area (Å²) in [6.07, 6.45) is 4.59. The van der Waals surface area contributed by atoms with Crippen LogP contribution < -0.4 is 10.6 Å². The Bertz CT molecular complexity index is 963. The van der Waals surface area contributed by atoms with E-state index in [1.54, 1.807) is 6.07 Å². The van der Waals surface area contributed by atoms with Crippen LogP contribution in [0.5, 0.6) is 0 Å². The second-order valence-electron chi connectivity index (χ2n) is 6.21. The Labute approximate surface area is 171 Å². The number of anilines is 4. The Morgan fingerprint density at radius 2 is 1.71 bits per heavy atom. The highest BCUT2D eigenvalue weighted by Crippen LogP contribution is 2.34. The molecular weight excluding hydrogens is 422 g/mol. The summed E-state index contributed by atoms with van der Waals surface area (Å²) in [6.45, 7) is 2.16. The van der Waals surface area contributed by atoms with Gasteiger partial charge in [-0.25, -0.2) is 9.97 Å². The van der Waals surface area contributed by atoms with Crippen LogP contribution in [0.4, 0.5) is 28.7 Å². The van der Waals surface area contributed by atoms with Crippen molar-refractivity contribution in [2.24, 2.45) is 0 Å². The zero-order chi connectivity index (χ0) is 19.9. The molecule has 7 nitrogen and oxygen atoms in total. The Morgan fingerprint density at radius 3 is 2.36 bits per heavy atom. The van der Waals surface area contributed by atoms with Gasteiger partial charge in [-0.15, -0.1) is 0 Å². The summed E-state index contributed by atoms with van der Waals surface area (Å²) >= 11 is 3.42. The highest BCUT2D eigenvalue weighted by atomic mass is 79.9. The molecule has 0 amide bonds. The monoisotopic (exact) mass is 441 g/mol. The lowest BCUT2D eigenvalue weighted by molar-refractivity contribution is -0.383. The molecular formula is C20H20BrN5O2. The maximum absolute atomic E-state index is 11.7. The van der Waals surface area contributed by atoms with Crippen molar-refractivity contribution >= 4 is 44.6 Å². The smallest absolute Gasteiger partial charge is 0.334 e. The highest BCUT2D eigenvalue weighted by molar-refractivity contribution is 9.10. The summed E-state index contributed by atoms with van der Waals surface area (Å²) in [7, 11) is 0. The lowest BCUT2D eigenvalue weighted by Gasteiger charge is -2.11. The molecule has 3 aromatic rings. The summed E-state index contributed by atoms with van der Waals surface area (Å²) < 4.78 is 0.778. The van der Waals surface area contributed by atoms with Crippen molar-refractivity contribution in [1.29, 1.82) is 0 Å². The van der Waals surface area contributed by atoms with Gasteiger partial charge in [-0.1, -0.05) is 37.6 Å². The molecule has 0 spiro atoms. The number of halogens is 1. The first-order valence-electron chi connectivity index (χ1n) is 8.95. The molecule has 1 aromatic heterocycles. The maximum atomic E-state index is 11.7. The summed E-state index contributed by atoms with van der Waals surface area (Å²) in [5, 5.41) is 17.7. The fraction of sp³-hybridized carbons (Fsp3) is 0.200. The van der Waals surface area contributed by atoms with Gasteiger partial charge in [0.05, 0.1) is 10.6 Å². The minimum atomic E-state index is -0.489. The van der Waals surface area contributed by atoms with E-state index in [9.17, 15) is 10.1 Å². The molecule has 0 atom stereocenters. The van der Waals surface area contributed by atoms with Gasteiger partial charge in [-0.3, -0.25) is 10.1 Å². The molecule has 0 aliphatic rings.